The van der Waals surface area contributed by atoms with Crippen molar-refractivity contribution in [3.8, 4) is 6.07 Å². The van der Waals surface area contributed by atoms with Crippen LogP contribution in [-0.2, 0) is 0 Å². The number of nitrogens with zero attached hydrogens (tertiary/aromatic N) is 1. The van der Waals surface area contributed by atoms with E-state index in [9.17, 15) is 4.39 Å². The van der Waals surface area contributed by atoms with E-state index in [2.05, 4.69) is 27.3 Å². The quantitative estimate of drug-likeness (QED) is 0.886. The van der Waals surface area contributed by atoms with E-state index in [-0.39, 0.29) is 5.82 Å². The molecule has 18 heavy (non-hydrogen) atoms. The first-order valence-corrected chi connectivity index (χ1v) is 6.11. The van der Waals surface area contributed by atoms with Crippen LogP contribution >= 0.6 is 15.9 Å². The number of benzene rings is 2. The maximum absolute atomic E-state index is 13.7. The Labute approximate surface area is 113 Å². The molecule has 1 N–H and O–H groups in total. The Hall–Kier alpha value is -1.86. The van der Waals surface area contributed by atoms with Crippen molar-refractivity contribution in [3.63, 3.8) is 0 Å². The number of nitrogens with one attached hydrogen (secondary N) is 1. The van der Waals surface area contributed by atoms with Crippen LogP contribution in [-0.4, -0.2) is 0 Å². The molecule has 0 amide bonds. The van der Waals surface area contributed by atoms with Crippen LogP contribution in [0.5, 0.6) is 0 Å². The molecule has 0 saturated carbocycles. The summed E-state index contributed by atoms with van der Waals surface area (Å²) in [6.45, 7) is 1.83. The fourth-order valence-electron chi connectivity index (χ4n) is 1.60. The summed E-state index contributed by atoms with van der Waals surface area (Å²) in [5.41, 5.74) is 2.44. The molecule has 90 valence electrons. The van der Waals surface area contributed by atoms with E-state index in [1.165, 1.54) is 6.07 Å². The highest BCUT2D eigenvalue weighted by atomic mass is 79.9. The number of hydrogen-bond donors (Lipinski definition) is 1. The Morgan fingerprint density at radius 2 is 2.00 bits per heavy atom. The van der Waals surface area contributed by atoms with Crippen molar-refractivity contribution in [3.05, 3.63) is 57.8 Å². The summed E-state index contributed by atoms with van der Waals surface area (Å²) < 4.78 is 14.5. The third kappa shape index (κ3) is 2.88. The molecule has 0 unspecified atom stereocenters. The smallest absolute Gasteiger partial charge is 0.146 e. The number of anilines is 2. The van der Waals surface area contributed by atoms with E-state index in [1.54, 1.807) is 24.3 Å². The molecule has 0 spiro atoms. The van der Waals surface area contributed by atoms with Gasteiger partial charge < -0.3 is 5.32 Å². The molecule has 2 nitrogen and oxygen atoms in total. The molecular weight excluding hydrogens is 295 g/mol. The van der Waals surface area contributed by atoms with Crippen LogP contribution in [0.3, 0.4) is 0 Å². The average molecular weight is 305 g/mol. The second-order valence-corrected chi connectivity index (χ2v) is 4.86. The van der Waals surface area contributed by atoms with Gasteiger partial charge in [0, 0.05) is 10.2 Å². The standard InChI is InChI=1S/C14H10BrFN2/c1-9-2-3-14(13(16)4-9)18-12-6-10(8-17)5-11(15)7-12/h2-7,18H,1H3. The van der Waals surface area contributed by atoms with Gasteiger partial charge in [-0.3, -0.25) is 0 Å². The first kappa shape index (κ1) is 12.6. The van der Waals surface area contributed by atoms with Gasteiger partial charge in [-0.05, 0) is 42.8 Å². The predicted molar refractivity (Wildman–Crippen MR) is 73.3 cm³/mol. The van der Waals surface area contributed by atoms with Gasteiger partial charge in [-0.25, -0.2) is 4.39 Å². The molecule has 0 bridgehead atoms. The zero-order valence-electron chi connectivity index (χ0n) is 9.67. The topological polar surface area (TPSA) is 35.8 Å². The second kappa shape index (κ2) is 5.19. The van der Waals surface area contributed by atoms with Crippen LogP contribution in [0.1, 0.15) is 11.1 Å². The molecule has 2 aromatic rings. The molecule has 0 aliphatic rings. The second-order valence-electron chi connectivity index (χ2n) is 3.95. The summed E-state index contributed by atoms with van der Waals surface area (Å²) in [6.07, 6.45) is 0. The average Bonchev–Trinajstić information content (AvgIpc) is 2.32. The number of rotatable bonds is 2. The van der Waals surface area contributed by atoms with E-state index in [0.29, 0.717) is 16.9 Å². The van der Waals surface area contributed by atoms with Crippen molar-refractivity contribution in [1.82, 2.24) is 0 Å². The Morgan fingerprint density at radius 3 is 2.67 bits per heavy atom. The first-order valence-electron chi connectivity index (χ1n) is 5.32. The van der Waals surface area contributed by atoms with Gasteiger partial charge in [0.2, 0.25) is 0 Å². The van der Waals surface area contributed by atoms with Gasteiger partial charge in [0.05, 0.1) is 17.3 Å². The van der Waals surface area contributed by atoms with E-state index in [0.717, 1.165) is 10.0 Å². The summed E-state index contributed by atoms with van der Waals surface area (Å²) in [6, 6.07) is 12.2. The summed E-state index contributed by atoms with van der Waals surface area (Å²) in [7, 11) is 0. The van der Waals surface area contributed by atoms with Crippen LogP contribution < -0.4 is 5.32 Å². The van der Waals surface area contributed by atoms with Gasteiger partial charge >= 0.3 is 0 Å². The highest BCUT2D eigenvalue weighted by Gasteiger charge is 2.04. The van der Waals surface area contributed by atoms with Crippen LogP contribution in [0, 0.1) is 24.1 Å². The molecule has 0 aliphatic heterocycles. The SMILES string of the molecule is Cc1ccc(Nc2cc(Br)cc(C#N)c2)c(F)c1. The van der Waals surface area contributed by atoms with Crippen LogP contribution in [0.2, 0.25) is 0 Å². The normalized spacial score (nSPS) is 9.89. The van der Waals surface area contributed by atoms with Crippen molar-refractivity contribution in [2.24, 2.45) is 0 Å². The van der Waals surface area contributed by atoms with Crippen LogP contribution in [0.15, 0.2) is 40.9 Å². The Balaban J connectivity index is 2.34. The maximum atomic E-state index is 13.7. The first-order chi connectivity index (χ1) is 8.58. The fourth-order valence-corrected chi connectivity index (χ4v) is 2.10. The molecule has 0 heterocycles. The van der Waals surface area contributed by atoms with E-state index >= 15 is 0 Å². The van der Waals surface area contributed by atoms with E-state index < -0.39 is 0 Å². The van der Waals surface area contributed by atoms with Crippen LogP contribution in [0.25, 0.3) is 0 Å². The predicted octanol–water partition coefficient (Wildman–Crippen LogP) is 4.51. The third-order valence-electron chi connectivity index (χ3n) is 2.43. The molecule has 0 saturated heterocycles. The lowest BCUT2D eigenvalue weighted by Gasteiger charge is -2.09. The maximum Gasteiger partial charge on any atom is 0.146 e. The molecule has 0 aromatic heterocycles. The van der Waals surface area contributed by atoms with Gasteiger partial charge in [-0.1, -0.05) is 22.0 Å². The van der Waals surface area contributed by atoms with Crippen molar-refractivity contribution in [1.29, 1.82) is 5.26 Å². The zero-order valence-corrected chi connectivity index (χ0v) is 11.3. The number of aryl methyl sites for hydroxylation is 1. The molecule has 0 fully saturated rings. The van der Waals surface area contributed by atoms with Gasteiger partial charge in [-0.2, -0.15) is 5.26 Å². The Bertz CT molecular complexity index is 632. The zero-order chi connectivity index (χ0) is 13.1. The van der Waals surface area contributed by atoms with Crippen LogP contribution in [0.4, 0.5) is 15.8 Å². The molecule has 0 atom stereocenters. The minimum atomic E-state index is -0.312. The molecular formula is C14H10BrFN2. The third-order valence-corrected chi connectivity index (χ3v) is 2.89. The largest absolute Gasteiger partial charge is 0.353 e. The number of halogens is 2. The molecule has 2 rings (SSSR count). The minimum Gasteiger partial charge on any atom is -0.353 e. The van der Waals surface area contributed by atoms with Crippen molar-refractivity contribution >= 4 is 27.3 Å². The highest BCUT2D eigenvalue weighted by molar-refractivity contribution is 9.10. The molecule has 2 aromatic carbocycles. The fraction of sp³-hybridized carbons (Fsp3) is 0.0714. The lowest BCUT2D eigenvalue weighted by molar-refractivity contribution is 0.631. The highest BCUT2D eigenvalue weighted by Crippen LogP contribution is 2.24. The monoisotopic (exact) mass is 304 g/mol. The number of nitriles is 1. The Kier molecular flexibility index (Phi) is 3.63. The van der Waals surface area contributed by atoms with Gasteiger partial charge in [0.25, 0.3) is 0 Å². The van der Waals surface area contributed by atoms with Gasteiger partial charge in [0.1, 0.15) is 5.82 Å². The molecule has 4 heteroatoms. The van der Waals surface area contributed by atoms with Crippen molar-refractivity contribution in [2.75, 3.05) is 5.32 Å². The molecule has 0 radical (unpaired) electrons. The van der Waals surface area contributed by atoms with Crippen molar-refractivity contribution in [2.45, 2.75) is 6.92 Å². The van der Waals surface area contributed by atoms with E-state index in [4.69, 9.17) is 5.26 Å². The van der Waals surface area contributed by atoms with Gasteiger partial charge in [-0.15, -0.1) is 0 Å². The summed E-state index contributed by atoms with van der Waals surface area (Å²) >= 11 is 3.31. The lowest BCUT2D eigenvalue weighted by atomic mass is 10.2. The van der Waals surface area contributed by atoms with Gasteiger partial charge in [0.15, 0.2) is 0 Å². The summed E-state index contributed by atoms with van der Waals surface area (Å²) in [4.78, 5) is 0. The minimum absolute atomic E-state index is 0.312. The summed E-state index contributed by atoms with van der Waals surface area (Å²) in [5, 5.41) is 11.8. The lowest BCUT2D eigenvalue weighted by Crippen LogP contribution is -1.95. The van der Waals surface area contributed by atoms with Crippen molar-refractivity contribution < 1.29 is 4.39 Å². The Morgan fingerprint density at radius 1 is 1.22 bits per heavy atom. The summed E-state index contributed by atoms with van der Waals surface area (Å²) in [5.74, 6) is -0.312. The molecule has 0 aliphatic carbocycles. The van der Waals surface area contributed by atoms with E-state index in [1.807, 2.05) is 13.0 Å². The number of hydrogen-bond acceptors (Lipinski definition) is 2.